The van der Waals surface area contributed by atoms with Crippen molar-refractivity contribution in [3.8, 4) is 0 Å². The molecule has 1 aliphatic rings. The van der Waals surface area contributed by atoms with Crippen molar-refractivity contribution in [1.82, 2.24) is 19.9 Å². The lowest BCUT2D eigenvalue weighted by molar-refractivity contribution is 0.194. The molecule has 0 unspecified atom stereocenters. The van der Waals surface area contributed by atoms with Gasteiger partial charge in [0.25, 0.3) is 0 Å². The van der Waals surface area contributed by atoms with Gasteiger partial charge in [0.1, 0.15) is 12.1 Å². The van der Waals surface area contributed by atoms with Gasteiger partial charge in [-0.2, -0.15) is 0 Å². The van der Waals surface area contributed by atoms with Gasteiger partial charge in [-0.15, -0.1) is 11.3 Å². The van der Waals surface area contributed by atoms with Gasteiger partial charge in [0.2, 0.25) is 0 Å². The van der Waals surface area contributed by atoms with Crippen LogP contribution in [0.5, 0.6) is 0 Å². The van der Waals surface area contributed by atoms with Crippen LogP contribution in [0.4, 0.5) is 10.6 Å². The Labute approximate surface area is 146 Å². The Morgan fingerprint density at radius 3 is 2.67 bits per heavy atom. The Kier molecular flexibility index (Phi) is 4.80. The molecular weight excluding hydrogens is 322 g/mol. The van der Waals surface area contributed by atoms with Crippen LogP contribution >= 0.6 is 11.3 Å². The van der Waals surface area contributed by atoms with Gasteiger partial charge in [-0.1, -0.05) is 20.8 Å². The summed E-state index contributed by atoms with van der Waals surface area (Å²) in [5, 5.41) is 6.19. The molecule has 0 saturated carbocycles. The van der Waals surface area contributed by atoms with Crippen LogP contribution in [0.3, 0.4) is 0 Å². The number of amides is 2. The zero-order chi connectivity index (χ0) is 17.2. The van der Waals surface area contributed by atoms with E-state index in [0.29, 0.717) is 11.7 Å². The van der Waals surface area contributed by atoms with Gasteiger partial charge >= 0.3 is 6.03 Å². The molecule has 2 aromatic heterocycles. The smallest absolute Gasteiger partial charge is 0.323 e. The number of anilines is 1. The molecule has 0 bridgehead atoms. The van der Waals surface area contributed by atoms with Crippen LogP contribution in [0, 0.1) is 0 Å². The maximum absolute atomic E-state index is 12.3. The number of likely N-dealkylation sites (tertiary alicyclic amines) is 1. The molecule has 2 aromatic rings. The number of hydrogen-bond donors (Lipinski definition) is 1. The van der Waals surface area contributed by atoms with Crippen molar-refractivity contribution in [2.75, 3.05) is 18.4 Å². The van der Waals surface area contributed by atoms with Crippen molar-refractivity contribution in [2.45, 2.75) is 44.9 Å². The summed E-state index contributed by atoms with van der Waals surface area (Å²) in [6.45, 7) is 8.04. The van der Waals surface area contributed by atoms with Crippen LogP contribution in [0.2, 0.25) is 0 Å². The maximum Gasteiger partial charge on any atom is 0.323 e. The average Bonchev–Trinajstić information content (AvgIpc) is 3.06. The number of carbonyl (C=O) groups is 1. The minimum Gasteiger partial charge on any atom is -0.324 e. The molecule has 1 fully saturated rings. The minimum atomic E-state index is -0.0957. The van der Waals surface area contributed by atoms with Gasteiger partial charge in [-0.05, 0) is 18.9 Å². The fraction of sp³-hybridized carbons (Fsp3) is 0.529. The number of thiazole rings is 1. The first-order valence-electron chi connectivity index (χ1n) is 8.21. The lowest BCUT2D eigenvalue weighted by Gasteiger charge is -2.31. The molecule has 1 aliphatic heterocycles. The van der Waals surface area contributed by atoms with Crippen LogP contribution < -0.4 is 5.32 Å². The van der Waals surface area contributed by atoms with E-state index in [9.17, 15) is 4.79 Å². The first-order chi connectivity index (χ1) is 11.4. The quantitative estimate of drug-likeness (QED) is 0.902. The number of piperidine rings is 1. The lowest BCUT2D eigenvalue weighted by Crippen LogP contribution is -2.40. The number of carbonyl (C=O) groups excluding carboxylic acids is 1. The van der Waals surface area contributed by atoms with Crippen LogP contribution in [-0.2, 0) is 5.41 Å². The summed E-state index contributed by atoms with van der Waals surface area (Å²) < 4.78 is 0. The summed E-state index contributed by atoms with van der Waals surface area (Å²) in [6, 6.07) is 1.59. The van der Waals surface area contributed by atoms with E-state index in [1.807, 2.05) is 4.90 Å². The Morgan fingerprint density at radius 2 is 2.08 bits per heavy atom. The summed E-state index contributed by atoms with van der Waals surface area (Å²) in [6.07, 6.45) is 4.95. The Hall–Kier alpha value is -2.02. The highest BCUT2D eigenvalue weighted by atomic mass is 32.1. The largest absolute Gasteiger partial charge is 0.324 e. The molecule has 1 N–H and O–H groups in total. The monoisotopic (exact) mass is 345 g/mol. The number of nitrogens with one attached hydrogen (secondary N) is 1. The van der Waals surface area contributed by atoms with Crippen LogP contribution in [0.15, 0.2) is 24.0 Å². The number of nitrogens with zero attached hydrogens (tertiary/aromatic N) is 4. The first kappa shape index (κ1) is 16.8. The second-order valence-electron chi connectivity index (χ2n) is 7.11. The van der Waals surface area contributed by atoms with Crippen molar-refractivity contribution in [2.24, 2.45) is 0 Å². The fourth-order valence-corrected chi connectivity index (χ4v) is 3.92. The molecule has 0 atom stereocenters. The van der Waals surface area contributed by atoms with Gasteiger partial charge in [0.15, 0.2) is 0 Å². The van der Waals surface area contributed by atoms with Crippen molar-refractivity contribution < 1.29 is 4.79 Å². The Bertz CT molecular complexity index is 687. The SMILES string of the molecule is CC(C)(C)c1csc(C2CCN(C(=O)Nc3ccncn3)CC2)n1. The van der Waals surface area contributed by atoms with Crippen molar-refractivity contribution >= 4 is 23.2 Å². The molecule has 128 valence electrons. The van der Waals surface area contributed by atoms with Gasteiger partial charge in [0, 0.05) is 36.0 Å². The number of aromatic nitrogens is 3. The predicted octanol–water partition coefficient (Wildman–Crippen LogP) is 3.64. The standard InChI is InChI=1S/C17H23N5OS/c1-17(2,3)13-10-24-15(20-13)12-5-8-22(9-6-12)16(23)21-14-4-7-18-11-19-14/h4,7,10-12H,5-6,8-9H2,1-3H3,(H,18,19,21,23). The molecule has 0 spiro atoms. The molecule has 24 heavy (non-hydrogen) atoms. The topological polar surface area (TPSA) is 71.0 Å². The highest BCUT2D eigenvalue weighted by Crippen LogP contribution is 2.33. The second kappa shape index (κ2) is 6.84. The molecule has 1 saturated heterocycles. The van der Waals surface area contributed by atoms with Gasteiger partial charge in [-0.3, -0.25) is 5.32 Å². The Morgan fingerprint density at radius 1 is 1.33 bits per heavy atom. The molecule has 6 nitrogen and oxygen atoms in total. The summed E-state index contributed by atoms with van der Waals surface area (Å²) in [5.41, 5.74) is 1.25. The van der Waals surface area contributed by atoms with E-state index in [1.165, 1.54) is 11.3 Å². The molecule has 0 aliphatic carbocycles. The first-order valence-corrected chi connectivity index (χ1v) is 9.09. The van der Waals surface area contributed by atoms with E-state index in [4.69, 9.17) is 4.98 Å². The van der Waals surface area contributed by atoms with Gasteiger partial charge < -0.3 is 4.90 Å². The Balaban J connectivity index is 1.56. The summed E-state index contributed by atoms with van der Waals surface area (Å²) in [5.74, 6) is 0.987. The number of hydrogen-bond acceptors (Lipinski definition) is 5. The van der Waals surface area contributed by atoms with Gasteiger partial charge in [-0.25, -0.2) is 19.7 Å². The third-order valence-corrected chi connectivity index (χ3v) is 5.25. The zero-order valence-corrected chi connectivity index (χ0v) is 15.1. The molecule has 3 rings (SSSR count). The lowest BCUT2D eigenvalue weighted by atomic mass is 9.93. The molecule has 3 heterocycles. The highest BCUT2D eigenvalue weighted by molar-refractivity contribution is 7.09. The van der Waals surface area contributed by atoms with Crippen LogP contribution in [0.1, 0.15) is 50.2 Å². The van der Waals surface area contributed by atoms with Crippen LogP contribution in [-0.4, -0.2) is 39.0 Å². The second-order valence-corrected chi connectivity index (χ2v) is 8.00. The summed E-state index contributed by atoms with van der Waals surface area (Å²) in [7, 11) is 0. The molecule has 0 radical (unpaired) electrons. The van der Waals surface area contributed by atoms with E-state index in [1.54, 1.807) is 23.6 Å². The fourth-order valence-electron chi connectivity index (χ4n) is 2.70. The van der Waals surface area contributed by atoms with Crippen molar-refractivity contribution in [3.05, 3.63) is 34.7 Å². The minimum absolute atomic E-state index is 0.0902. The summed E-state index contributed by atoms with van der Waals surface area (Å²) >= 11 is 1.75. The van der Waals surface area contributed by atoms with E-state index in [2.05, 4.69) is 41.4 Å². The van der Waals surface area contributed by atoms with E-state index >= 15 is 0 Å². The number of rotatable bonds is 2. The molecule has 2 amide bonds. The van der Waals surface area contributed by atoms with E-state index in [-0.39, 0.29) is 11.4 Å². The normalized spacial score (nSPS) is 16.2. The van der Waals surface area contributed by atoms with Crippen LogP contribution in [0.25, 0.3) is 0 Å². The predicted molar refractivity (Wildman–Crippen MR) is 95.4 cm³/mol. The summed E-state index contributed by atoms with van der Waals surface area (Å²) in [4.78, 5) is 26.8. The highest BCUT2D eigenvalue weighted by Gasteiger charge is 2.27. The van der Waals surface area contributed by atoms with E-state index in [0.717, 1.165) is 31.6 Å². The average molecular weight is 345 g/mol. The molecule has 7 heteroatoms. The van der Waals surface area contributed by atoms with E-state index < -0.39 is 0 Å². The molecule has 0 aromatic carbocycles. The zero-order valence-electron chi connectivity index (χ0n) is 14.3. The third kappa shape index (κ3) is 3.90. The third-order valence-electron chi connectivity index (χ3n) is 4.24. The molecular formula is C17H23N5OS. The number of urea groups is 1. The van der Waals surface area contributed by atoms with Crippen molar-refractivity contribution in [3.63, 3.8) is 0 Å². The van der Waals surface area contributed by atoms with Crippen molar-refractivity contribution in [1.29, 1.82) is 0 Å². The van der Waals surface area contributed by atoms with Gasteiger partial charge in [0.05, 0.1) is 10.7 Å². The maximum atomic E-state index is 12.3.